The molecule has 0 aliphatic heterocycles. The Bertz CT molecular complexity index is 1170. The highest BCUT2D eigenvalue weighted by atomic mass is 19.1. The van der Waals surface area contributed by atoms with Gasteiger partial charge in [0.05, 0.1) is 11.4 Å². The highest BCUT2D eigenvalue weighted by molar-refractivity contribution is 5.93. The summed E-state index contributed by atoms with van der Waals surface area (Å²) >= 11 is 0. The normalized spacial score (nSPS) is 10.4. The molecule has 5 nitrogen and oxygen atoms in total. The third-order valence-corrected chi connectivity index (χ3v) is 4.63. The van der Waals surface area contributed by atoms with Crippen molar-refractivity contribution in [1.82, 2.24) is 21.0 Å². The van der Waals surface area contributed by atoms with E-state index in [4.69, 9.17) is 0 Å². The number of aromatic amines is 1. The molecule has 0 saturated heterocycles. The minimum Gasteiger partial charge on any atom is -0.298 e. The van der Waals surface area contributed by atoms with Gasteiger partial charge in [-0.2, -0.15) is 5.10 Å². The number of amides is 1. The van der Waals surface area contributed by atoms with Crippen molar-refractivity contribution in [1.29, 1.82) is 0 Å². The zero-order chi connectivity index (χ0) is 20.9. The van der Waals surface area contributed by atoms with Gasteiger partial charge in [-0.1, -0.05) is 61.2 Å². The highest BCUT2D eigenvalue weighted by Crippen LogP contribution is 2.21. The summed E-state index contributed by atoms with van der Waals surface area (Å²) in [6.45, 7) is 3.97. The van der Waals surface area contributed by atoms with E-state index < -0.39 is 5.91 Å². The van der Waals surface area contributed by atoms with Crippen molar-refractivity contribution in [3.8, 4) is 22.4 Å². The Morgan fingerprint density at radius 1 is 0.833 bits per heavy atom. The molecule has 30 heavy (non-hydrogen) atoms. The molecule has 1 aromatic heterocycles. The summed E-state index contributed by atoms with van der Waals surface area (Å²) in [5.41, 5.74) is 10.6. The molecule has 0 spiro atoms. The number of hydrogen-bond acceptors (Lipinski definition) is 3. The van der Waals surface area contributed by atoms with Crippen molar-refractivity contribution in [2.24, 2.45) is 0 Å². The fraction of sp³-hybridized carbons (Fsp3) is 0. The van der Waals surface area contributed by atoms with Gasteiger partial charge < -0.3 is 0 Å². The smallest absolute Gasteiger partial charge is 0.287 e. The molecule has 0 atom stereocenters. The van der Waals surface area contributed by atoms with Crippen LogP contribution in [0.5, 0.6) is 0 Å². The van der Waals surface area contributed by atoms with E-state index in [9.17, 15) is 9.18 Å². The number of carbonyl (C=O) groups is 1. The quantitative estimate of drug-likeness (QED) is 0.409. The molecule has 0 unspecified atom stereocenters. The fourth-order valence-electron chi connectivity index (χ4n) is 2.97. The van der Waals surface area contributed by atoms with Crippen LogP contribution in [0.15, 0.2) is 91.5 Å². The van der Waals surface area contributed by atoms with Gasteiger partial charge in [-0.3, -0.25) is 20.7 Å². The van der Waals surface area contributed by atoms with Crippen LogP contribution in [-0.2, 0) is 0 Å². The number of benzene rings is 3. The van der Waals surface area contributed by atoms with Crippen LogP contribution < -0.4 is 10.9 Å². The second-order valence-corrected chi connectivity index (χ2v) is 6.67. The van der Waals surface area contributed by atoms with Crippen molar-refractivity contribution in [2.45, 2.75) is 0 Å². The molecule has 0 fully saturated rings. The number of aromatic nitrogens is 2. The molecule has 0 radical (unpaired) electrons. The molecule has 0 aliphatic rings. The lowest BCUT2D eigenvalue weighted by Gasteiger charge is -2.11. The number of hydrogen-bond donors (Lipinski definition) is 3. The number of nitrogens with zero attached hydrogens (tertiary/aromatic N) is 1. The molecule has 6 heteroatoms. The summed E-state index contributed by atoms with van der Waals surface area (Å²) < 4.78 is 13.1. The Balaban J connectivity index is 1.37. The monoisotopic (exact) mass is 398 g/mol. The third-order valence-electron chi connectivity index (χ3n) is 4.63. The number of halogens is 1. The van der Waals surface area contributed by atoms with Crippen molar-refractivity contribution in [3.63, 3.8) is 0 Å². The van der Waals surface area contributed by atoms with Crippen LogP contribution in [0, 0.1) is 5.82 Å². The Morgan fingerprint density at radius 3 is 2.17 bits per heavy atom. The van der Waals surface area contributed by atoms with Crippen LogP contribution in [-0.4, -0.2) is 16.1 Å². The Kier molecular flexibility index (Phi) is 5.39. The summed E-state index contributed by atoms with van der Waals surface area (Å²) in [5, 5.41) is 6.78. The van der Waals surface area contributed by atoms with E-state index in [1.165, 1.54) is 12.1 Å². The largest absolute Gasteiger partial charge is 0.298 e. The molecule has 3 N–H and O–H groups in total. The van der Waals surface area contributed by atoms with E-state index in [0.29, 0.717) is 17.0 Å². The van der Waals surface area contributed by atoms with Gasteiger partial charge in [0.15, 0.2) is 0 Å². The number of carbonyl (C=O) groups excluding carboxylic acids is 1. The van der Waals surface area contributed by atoms with Crippen LogP contribution in [0.4, 0.5) is 4.39 Å². The lowest BCUT2D eigenvalue weighted by atomic mass is 10.0. The average Bonchev–Trinajstić information content (AvgIpc) is 3.29. The number of nitrogens with one attached hydrogen (secondary N) is 3. The molecular formula is C24H19FN4O. The van der Waals surface area contributed by atoms with E-state index in [0.717, 1.165) is 16.7 Å². The van der Waals surface area contributed by atoms with Crippen LogP contribution in [0.2, 0.25) is 0 Å². The maximum absolute atomic E-state index is 13.1. The van der Waals surface area contributed by atoms with Gasteiger partial charge in [-0.05, 0) is 47.0 Å². The third kappa shape index (κ3) is 4.28. The SMILES string of the molecule is C=C(NNC(=O)c1cc(-c2ccc(F)cc2)n[nH]1)c1ccc(-c2ccccc2)cc1. The lowest BCUT2D eigenvalue weighted by Crippen LogP contribution is -2.36. The van der Waals surface area contributed by atoms with E-state index in [2.05, 4.69) is 27.6 Å². The maximum atomic E-state index is 13.1. The van der Waals surface area contributed by atoms with E-state index in [1.807, 2.05) is 54.6 Å². The zero-order valence-electron chi connectivity index (χ0n) is 16.0. The molecule has 4 aromatic rings. The molecule has 4 rings (SSSR count). The molecule has 0 bridgehead atoms. The van der Waals surface area contributed by atoms with Crippen molar-refractivity contribution < 1.29 is 9.18 Å². The Morgan fingerprint density at radius 2 is 1.47 bits per heavy atom. The molecule has 0 saturated carbocycles. The minimum absolute atomic E-state index is 0.272. The van der Waals surface area contributed by atoms with Gasteiger partial charge in [-0.15, -0.1) is 0 Å². The second-order valence-electron chi connectivity index (χ2n) is 6.67. The van der Waals surface area contributed by atoms with E-state index in [-0.39, 0.29) is 11.5 Å². The van der Waals surface area contributed by atoms with Crippen LogP contribution in [0.25, 0.3) is 28.1 Å². The van der Waals surface area contributed by atoms with Crippen molar-refractivity contribution >= 4 is 11.6 Å². The van der Waals surface area contributed by atoms with E-state index in [1.54, 1.807) is 18.2 Å². The summed E-state index contributed by atoms with van der Waals surface area (Å²) in [4.78, 5) is 12.4. The first kappa shape index (κ1) is 19.1. The molecule has 3 aromatic carbocycles. The summed E-state index contributed by atoms with van der Waals surface area (Å²) in [6.07, 6.45) is 0. The number of rotatable bonds is 6. The summed E-state index contributed by atoms with van der Waals surface area (Å²) in [6, 6.07) is 25.4. The van der Waals surface area contributed by atoms with Crippen molar-refractivity contribution in [2.75, 3.05) is 0 Å². The molecule has 148 valence electrons. The maximum Gasteiger partial charge on any atom is 0.287 e. The van der Waals surface area contributed by atoms with Gasteiger partial charge in [0.2, 0.25) is 0 Å². The van der Waals surface area contributed by atoms with E-state index >= 15 is 0 Å². The van der Waals surface area contributed by atoms with Gasteiger partial charge in [0, 0.05) is 5.56 Å². The average molecular weight is 398 g/mol. The molecule has 1 heterocycles. The predicted molar refractivity (Wildman–Crippen MR) is 115 cm³/mol. The predicted octanol–water partition coefficient (Wildman–Crippen LogP) is 4.79. The first-order chi connectivity index (χ1) is 14.6. The first-order valence-electron chi connectivity index (χ1n) is 9.32. The number of hydrazine groups is 1. The standard InChI is InChI=1S/C24H19FN4O/c1-16(17-7-9-19(10-8-17)18-5-3-2-4-6-18)26-29-24(30)23-15-22(27-28-23)20-11-13-21(25)14-12-20/h2-15,26H,1H2,(H,27,28)(H,29,30). The zero-order valence-corrected chi connectivity index (χ0v) is 16.0. The molecule has 0 aliphatic carbocycles. The van der Waals surface area contributed by atoms with Crippen molar-refractivity contribution in [3.05, 3.63) is 109 Å². The minimum atomic E-state index is -0.391. The summed E-state index contributed by atoms with van der Waals surface area (Å²) in [5.74, 6) is -0.718. The highest BCUT2D eigenvalue weighted by Gasteiger charge is 2.11. The second kappa shape index (κ2) is 8.45. The topological polar surface area (TPSA) is 69.8 Å². The molecular weight excluding hydrogens is 379 g/mol. The van der Waals surface area contributed by atoms with Crippen LogP contribution >= 0.6 is 0 Å². The lowest BCUT2D eigenvalue weighted by molar-refractivity contribution is 0.0937. The number of H-pyrrole nitrogens is 1. The Labute approximate surface area is 173 Å². The Hall–Kier alpha value is -4.19. The van der Waals surface area contributed by atoms with Gasteiger partial charge >= 0.3 is 0 Å². The van der Waals surface area contributed by atoms with Gasteiger partial charge in [0.25, 0.3) is 5.91 Å². The van der Waals surface area contributed by atoms with Crippen LogP contribution in [0.3, 0.4) is 0 Å². The van der Waals surface area contributed by atoms with Gasteiger partial charge in [-0.25, -0.2) is 4.39 Å². The fourth-order valence-corrected chi connectivity index (χ4v) is 2.97. The first-order valence-corrected chi connectivity index (χ1v) is 9.32. The molecule has 1 amide bonds. The van der Waals surface area contributed by atoms with Gasteiger partial charge in [0.1, 0.15) is 11.5 Å². The summed E-state index contributed by atoms with van der Waals surface area (Å²) in [7, 11) is 0. The van der Waals surface area contributed by atoms with Crippen LogP contribution in [0.1, 0.15) is 16.1 Å².